The quantitative estimate of drug-likeness (QED) is 0.888. The van der Waals surface area contributed by atoms with E-state index < -0.39 is 6.10 Å². The Hall–Kier alpha value is -1.17. The highest BCUT2D eigenvalue weighted by Gasteiger charge is 2.10. The normalized spacial score (nSPS) is 12.6. The average molecular weight is 310 g/mol. The second kappa shape index (κ2) is 6.13. The first-order valence-corrected chi connectivity index (χ1v) is 6.56. The number of imidazole rings is 1. The molecule has 0 aliphatic rings. The highest BCUT2D eigenvalue weighted by molar-refractivity contribution is 9.10. The van der Waals surface area contributed by atoms with Crippen LogP contribution >= 0.6 is 15.9 Å². The van der Waals surface area contributed by atoms with Gasteiger partial charge in [-0.25, -0.2) is 4.98 Å². The molecule has 0 aliphatic carbocycles. The van der Waals surface area contributed by atoms with Crippen molar-refractivity contribution in [2.75, 3.05) is 6.54 Å². The summed E-state index contributed by atoms with van der Waals surface area (Å²) in [4.78, 5) is 4.21. The van der Waals surface area contributed by atoms with Gasteiger partial charge in [0.25, 0.3) is 0 Å². The number of hydrogen-bond acceptors (Lipinski definition) is 3. The van der Waals surface area contributed by atoms with Crippen molar-refractivity contribution in [1.29, 1.82) is 0 Å². The molecular weight excluding hydrogens is 294 g/mol. The van der Waals surface area contributed by atoms with Crippen LogP contribution in [0.2, 0.25) is 0 Å². The minimum Gasteiger partial charge on any atom is -0.387 e. The maximum atomic E-state index is 10.1. The van der Waals surface area contributed by atoms with Crippen LogP contribution in [0.1, 0.15) is 17.4 Å². The Morgan fingerprint density at radius 1 is 1.44 bits per heavy atom. The van der Waals surface area contributed by atoms with Gasteiger partial charge >= 0.3 is 0 Å². The van der Waals surface area contributed by atoms with Crippen LogP contribution < -0.4 is 5.32 Å². The zero-order chi connectivity index (χ0) is 13.0. The van der Waals surface area contributed by atoms with Crippen molar-refractivity contribution in [2.24, 2.45) is 7.05 Å². The monoisotopic (exact) mass is 309 g/mol. The van der Waals surface area contributed by atoms with E-state index in [0.29, 0.717) is 13.1 Å². The van der Waals surface area contributed by atoms with Crippen molar-refractivity contribution in [3.63, 3.8) is 0 Å². The minimum absolute atomic E-state index is 0.499. The summed E-state index contributed by atoms with van der Waals surface area (Å²) in [5.74, 6) is 0. The molecule has 0 spiro atoms. The van der Waals surface area contributed by atoms with Crippen molar-refractivity contribution in [3.05, 3.63) is 52.5 Å². The molecular formula is C13H16BrN3O. The van der Waals surface area contributed by atoms with Crippen LogP contribution in [0.4, 0.5) is 0 Å². The number of aliphatic hydroxyl groups is 1. The molecule has 0 saturated heterocycles. The van der Waals surface area contributed by atoms with Crippen LogP contribution in [-0.2, 0) is 13.6 Å². The summed E-state index contributed by atoms with van der Waals surface area (Å²) in [5.41, 5.74) is 1.86. The van der Waals surface area contributed by atoms with Gasteiger partial charge in [0.2, 0.25) is 0 Å². The van der Waals surface area contributed by atoms with Crippen molar-refractivity contribution >= 4 is 15.9 Å². The van der Waals surface area contributed by atoms with E-state index in [0.717, 1.165) is 15.7 Å². The second-order valence-electron chi connectivity index (χ2n) is 4.20. The molecule has 2 rings (SSSR count). The number of aliphatic hydroxyl groups excluding tert-OH is 1. The summed E-state index contributed by atoms with van der Waals surface area (Å²) in [6, 6.07) is 7.69. The fraction of sp³-hybridized carbons (Fsp3) is 0.308. The Balaban J connectivity index is 1.85. The molecule has 4 nitrogen and oxygen atoms in total. The number of nitrogens with zero attached hydrogens (tertiary/aromatic N) is 2. The fourth-order valence-electron chi connectivity index (χ4n) is 1.75. The van der Waals surface area contributed by atoms with Crippen LogP contribution in [-0.4, -0.2) is 21.2 Å². The number of benzene rings is 1. The smallest absolute Gasteiger partial charge is 0.0947 e. The first kappa shape index (κ1) is 13.3. The maximum Gasteiger partial charge on any atom is 0.0947 e. The lowest BCUT2D eigenvalue weighted by molar-refractivity contribution is 0.173. The van der Waals surface area contributed by atoms with Crippen LogP contribution in [0, 0.1) is 0 Å². The third-order valence-electron chi connectivity index (χ3n) is 2.67. The molecule has 1 atom stereocenters. The summed E-state index contributed by atoms with van der Waals surface area (Å²) in [7, 11) is 1.94. The standard InChI is InChI=1S/C13H16BrN3O/c1-17-8-10(16-9-17)6-15-7-13(18)11-4-2-3-5-12(11)14/h2-5,8-9,13,15,18H,6-7H2,1H3. The second-order valence-corrected chi connectivity index (χ2v) is 5.05. The van der Waals surface area contributed by atoms with Gasteiger partial charge in [0.05, 0.1) is 18.1 Å². The third-order valence-corrected chi connectivity index (χ3v) is 3.39. The number of aryl methyl sites for hydroxylation is 1. The van der Waals surface area contributed by atoms with E-state index >= 15 is 0 Å². The molecule has 0 bridgehead atoms. The van der Waals surface area contributed by atoms with Crippen LogP contribution in [0.5, 0.6) is 0 Å². The predicted octanol–water partition coefficient (Wildman–Crippen LogP) is 2.01. The van der Waals surface area contributed by atoms with Crippen LogP contribution in [0.15, 0.2) is 41.3 Å². The Morgan fingerprint density at radius 3 is 2.89 bits per heavy atom. The van der Waals surface area contributed by atoms with Crippen molar-refractivity contribution in [2.45, 2.75) is 12.6 Å². The molecule has 96 valence electrons. The summed E-state index contributed by atoms with van der Waals surface area (Å²) in [5, 5.41) is 13.3. The van der Waals surface area contributed by atoms with Crippen molar-refractivity contribution < 1.29 is 5.11 Å². The first-order valence-electron chi connectivity index (χ1n) is 5.77. The van der Waals surface area contributed by atoms with E-state index in [1.54, 1.807) is 6.33 Å². The number of rotatable bonds is 5. The van der Waals surface area contributed by atoms with E-state index in [-0.39, 0.29) is 0 Å². The average Bonchev–Trinajstić information content (AvgIpc) is 2.75. The summed E-state index contributed by atoms with van der Waals surface area (Å²) >= 11 is 3.43. The first-order chi connectivity index (χ1) is 8.66. The van der Waals surface area contributed by atoms with E-state index in [9.17, 15) is 5.11 Å². The predicted molar refractivity (Wildman–Crippen MR) is 74.0 cm³/mol. The molecule has 0 saturated carbocycles. The lowest BCUT2D eigenvalue weighted by Crippen LogP contribution is -2.21. The molecule has 5 heteroatoms. The van der Waals surface area contributed by atoms with Gasteiger partial charge in [-0.2, -0.15) is 0 Å². The molecule has 1 heterocycles. The van der Waals surface area contributed by atoms with Gasteiger partial charge in [-0.3, -0.25) is 0 Å². The van der Waals surface area contributed by atoms with Crippen molar-refractivity contribution in [1.82, 2.24) is 14.9 Å². The van der Waals surface area contributed by atoms with E-state index in [2.05, 4.69) is 26.2 Å². The molecule has 0 aliphatic heterocycles. The van der Waals surface area contributed by atoms with Gasteiger partial charge in [0, 0.05) is 30.8 Å². The topological polar surface area (TPSA) is 50.1 Å². The Bertz CT molecular complexity index is 512. The Morgan fingerprint density at radius 2 is 2.22 bits per heavy atom. The zero-order valence-electron chi connectivity index (χ0n) is 10.2. The summed E-state index contributed by atoms with van der Waals surface area (Å²) in [6.07, 6.45) is 3.20. The molecule has 0 fully saturated rings. The molecule has 0 amide bonds. The lowest BCUT2D eigenvalue weighted by Gasteiger charge is -2.13. The molecule has 1 unspecified atom stereocenters. The molecule has 0 radical (unpaired) electrons. The number of halogens is 1. The zero-order valence-corrected chi connectivity index (χ0v) is 11.8. The Labute approximate surface area is 115 Å². The van der Waals surface area contributed by atoms with Crippen molar-refractivity contribution in [3.8, 4) is 0 Å². The largest absolute Gasteiger partial charge is 0.387 e. The highest BCUT2D eigenvalue weighted by Crippen LogP contribution is 2.22. The third kappa shape index (κ3) is 3.41. The van der Waals surface area contributed by atoms with Crippen LogP contribution in [0.3, 0.4) is 0 Å². The van der Waals surface area contributed by atoms with E-state index in [1.807, 2.05) is 42.1 Å². The van der Waals surface area contributed by atoms with E-state index in [4.69, 9.17) is 0 Å². The van der Waals surface area contributed by atoms with Gasteiger partial charge < -0.3 is 15.0 Å². The number of nitrogens with one attached hydrogen (secondary N) is 1. The summed E-state index contributed by atoms with van der Waals surface area (Å²) < 4.78 is 2.83. The van der Waals surface area contributed by atoms with Gasteiger partial charge in [-0.1, -0.05) is 34.1 Å². The molecule has 1 aromatic heterocycles. The summed E-state index contributed by atoms with van der Waals surface area (Å²) in [6.45, 7) is 1.15. The Kier molecular flexibility index (Phi) is 4.52. The van der Waals surface area contributed by atoms with Gasteiger partial charge in [0.15, 0.2) is 0 Å². The molecule has 2 N–H and O–H groups in total. The number of aromatic nitrogens is 2. The fourth-order valence-corrected chi connectivity index (χ4v) is 2.30. The SMILES string of the molecule is Cn1cnc(CNCC(O)c2ccccc2Br)c1. The molecule has 18 heavy (non-hydrogen) atoms. The maximum absolute atomic E-state index is 10.1. The highest BCUT2D eigenvalue weighted by atomic mass is 79.9. The van der Waals surface area contributed by atoms with Gasteiger partial charge in [-0.05, 0) is 11.6 Å². The van der Waals surface area contributed by atoms with Gasteiger partial charge in [0.1, 0.15) is 0 Å². The number of hydrogen-bond donors (Lipinski definition) is 2. The lowest BCUT2D eigenvalue weighted by atomic mass is 10.1. The minimum atomic E-state index is -0.524. The van der Waals surface area contributed by atoms with Gasteiger partial charge in [-0.15, -0.1) is 0 Å². The molecule has 2 aromatic rings. The van der Waals surface area contributed by atoms with E-state index in [1.165, 1.54) is 0 Å². The van der Waals surface area contributed by atoms with Crippen LogP contribution in [0.25, 0.3) is 0 Å². The molecule has 1 aromatic carbocycles.